The van der Waals surface area contributed by atoms with Gasteiger partial charge in [-0.15, -0.1) is 0 Å². The number of carboxylic acids is 1. The van der Waals surface area contributed by atoms with E-state index in [-0.39, 0.29) is 80.6 Å². The fraction of sp³-hybridized carbons (Fsp3) is 0.600. The monoisotopic (exact) mass is 703 g/mol. The van der Waals surface area contributed by atoms with Crippen LogP contribution >= 0.6 is 0 Å². The summed E-state index contributed by atoms with van der Waals surface area (Å²) in [7, 11) is 0. The Bertz CT molecular complexity index is 1440. The highest BCUT2D eigenvalue weighted by Gasteiger charge is 2.35. The second-order valence-electron chi connectivity index (χ2n) is 13.9. The first-order valence-corrected chi connectivity index (χ1v) is 16.6. The van der Waals surface area contributed by atoms with E-state index in [1.807, 2.05) is 13.8 Å². The van der Waals surface area contributed by atoms with Gasteiger partial charge in [-0.3, -0.25) is 28.9 Å². The molecule has 2 heterocycles. The number of esters is 1. The predicted octanol–water partition coefficient (Wildman–Crippen LogP) is 2.69. The molecule has 0 bridgehead atoms. The topological polar surface area (TPSA) is 207 Å². The third kappa shape index (κ3) is 12.2. The molecule has 3 rings (SSSR count). The van der Waals surface area contributed by atoms with Crippen molar-refractivity contribution in [3.8, 4) is 5.75 Å². The number of imide groups is 1. The van der Waals surface area contributed by atoms with Gasteiger partial charge in [-0.05, 0) is 44.4 Å². The molecule has 4 N–H and O–H groups in total. The quantitative estimate of drug-likeness (QED) is 0.129. The number of aliphatic hydroxyl groups excluding tert-OH is 1. The van der Waals surface area contributed by atoms with E-state index >= 15 is 0 Å². The number of rotatable bonds is 18. The van der Waals surface area contributed by atoms with E-state index < -0.39 is 47.4 Å². The number of aliphatic hydroxyl groups is 1. The summed E-state index contributed by atoms with van der Waals surface area (Å²) in [6.07, 6.45) is -0.254. The average Bonchev–Trinajstić information content (AvgIpc) is 3.35. The summed E-state index contributed by atoms with van der Waals surface area (Å²) in [5, 5.41) is 25.0. The number of anilines is 1. The minimum absolute atomic E-state index is 0.00755. The number of nitrogens with one attached hydrogen (secondary N) is 2. The van der Waals surface area contributed by atoms with Gasteiger partial charge in [0.25, 0.3) is 11.8 Å². The second-order valence-corrected chi connectivity index (χ2v) is 13.9. The number of nitrogens with zero attached hydrogens (tertiary/aromatic N) is 1. The smallest absolute Gasteiger partial charge is 0.333 e. The highest BCUT2D eigenvalue weighted by Crippen LogP contribution is 2.31. The summed E-state index contributed by atoms with van der Waals surface area (Å²) in [5.74, 6) is -3.29. The van der Waals surface area contributed by atoms with Crippen LogP contribution in [0.1, 0.15) is 79.2 Å². The van der Waals surface area contributed by atoms with Gasteiger partial charge in [-0.1, -0.05) is 33.8 Å². The molecule has 2 aliphatic heterocycles. The third-order valence-electron chi connectivity index (χ3n) is 8.28. The van der Waals surface area contributed by atoms with Crippen LogP contribution in [0.25, 0.3) is 0 Å². The standard InChI is InChI=1S/C35H49N3O12/c1-21(2)32(45)47-20-22-7-8-25(49-30-19-23(39)18-26(50-30)31(43)44)24(17-22)37-27(40)11-14-36-33(46)34(3,4)13-16-48-35(5,6)12-15-38-28(41)9-10-29(38)42/h7-10,17,21,23,26,30,39H,11-16,18-20H2,1-6H3,(H,36,46)(H,37,40)(H,43,44). The molecule has 0 spiro atoms. The Hall–Kier alpha value is -4.34. The van der Waals surface area contributed by atoms with Crippen LogP contribution in [0.15, 0.2) is 30.4 Å². The first-order valence-electron chi connectivity index (χ1n) is 16.6. The minimum Gasteiger partial charge on any atom is -0.479 e. The molecule has 3 unspecified atom stereocenters. The molecular weight excluding hydrogens is 654 g/mol. The molecule has 4 amide bonds. The van der Waals surface area contributed by atoms with Gasteiger partial charge < -0.3 is 39.8 Å². The number of amides is 4. The lowest BCUT2D eigenvalue weighted by atomic mass is 9.88. The third-order valence-corrected chi connectivity index (χ3v) is 8.28. The van der Waals surface area contributed by atoms with E-state index in [4.69, 9.17) is 18.9 Å². The molecule has 15 heteroatoms. The van der Waals surface area contributed by atoms with Gasteiger partial charge >= 0.3 is 11.9 Å². The van der Waals surface area contributed by atoms with E-state index in [1.165, 1.54) is 18.2 Å². The van der Waals surface area contributed by atoms with Crippen molar-refractivity contribution in [1.29, 1.82) is 0 Å². The lowest BCUT2D eigenvalue weighted by Gasteiger charge is -2.31. The summed E-state index contributed by atoms with van der Waals surface area (Å²) in [6.45, 7) is 11.0. The number of benzene rings is 1. The Labute approximate surface area is 291 Å². The van der Waals surface area contributed by atoms with Crippen LogP contribution in [0.2, 0.25) is 0 Å². The maximum atomic E-state index is 13.0. The summed E-state index contributed by atoms with van der Waals surface area (Å²) in [5.41, 5.74) is -0.738. The van der Waals surface area contributed by atoms with Crippen molar-refractivity contribution in [2.75, 3.05) is 25.0 Å². The lowest BCUT2D eigenvalue weighted by Crippen LogP contribution is -2.42. The largest absolute Gasteiger partial charge is 0.479 e. The van der Waals surface area contributed by atoms with Crippen LogP contribution in [-0.2, 0) is 49.6 Å². The van der Waals surface area contributed by atoms with Crippen molar-refractivity contribution in [1.82, 2.24) is 10.2 Å². The lowest BCUT2D eigenvalue weighted by molar-refractivity contribution is -0.195. The average molecular weight is 704 g/mol. The molecule has 1 saturated heterocycles. The van der Waals surface area contributed by atoms with E-state index in [2.05, 4.69) is 10.6 Å². The number of carboxylic acid groups (broad SMARTS) is 1. The zero-order valence-electron chi connectivity index (χ0n) is 29.5. The number of carbonyl (C=O) groups excluding carboxylic acids is 5. The highest BCUT2D eigenvalue weighted by atomic mass is 16.7. The van der Waals surface area contributed by atoms with E-state index in [0.717, 1.165) is 4.90 Å². The van der Waals surface area contributed by atoms with Crippen molar-refractivity contribution in [2.45, 2.75) is 104 Å². The number of hydrogen-bond donors (Lipinski definition) is 4. The fourth-order valence-electron chi connectivity index (χ4n) is 4.97. The van der Waals surface area contributed by atoms with Crippen molar-refractivity contribution < 1.29 is 57.9 Å². The summed E-state index contributed by atoms with van der Waals surface area (Å²) in [4.78, 5) is 74.2. The normalized spacial score (nSPS) is 19.4. The number of carbonyl (C=O) groups is 6. The highest BCUT2D eigenvalue weighted by molar-refractivity contribution is 6.12. The van der Waals surface area contributed by atoms with Crippen LogP contribution in [0.5, 0.6) is 5.75 Å². The SMILES string of the molecule is CC(C)C(=O)OCc1ccc(OC2CC(O)CC(C(=O)O)O2)c(NC(=O)CCNC(=O)C(C)(C)CCOC(C)(C)CCN2C(=O)C=CC2=O)c1. The zero-order valence-corrected chi connectivity index (χ0v) is 29.5. The number of hydrogen-bond acceptors (Lipinski definition) is 11. The molecule has 15 nitrogen and oxygen atoms in total. The Morgan fingerprint density at radius 3 is 2.36 bits per heavy atom. The summed E-state index contributed by atoms with van der Waals surface area (Å²) < 4.78 is 22.6. The van der Waals surface area contributed by atoms with Crippen molar-refractivity contribution in [3.05, 3.63) is 35.9 Å². The first kappa shape index (κ1) is 40.1. The molecule has 1 aromatic carbocycles. The molecule has 0 radical (unpaired) electrons. The van der Waals surface area contributed by atoms with E-state index in [0.29, 0.717) is 18.4 Å². The molecule has 0 aromatic heterocycles. The van der Waals surface area contributed by atoms with E-state index in [1.54, 1.807) is 39.8 Å². The summed E-state index contributed by atoms with van der Waals surface area (Å²) in [6, 6.07) is 4.69. The molecular formula is C35H49N3O12. The molecule has 0 saturated carbocycles. The van der Waals surface area contributed by atoms with Gasteiger partial charge in [0.05, 0.1) is 23.3 Å². The van der Waals surface area contributed by atoms with Gasteiger partial charge in [0.15, 0.2) is 6.10 Å². The van der Waals surface area contributed by atoms with Gasteiger partial charge in [-0.25, -0.2) is 4.79 Å². The van der Waals surface area contributed by atoms with Crippen LogP contribution in [0, 0.1) is 11.3 Å². The molecule has 50 heavy (non-hydrogen) atoms. The Morgan fingerprint density at radius 2 is 1.72 bits per heavy atom. The summed E-state index contributed by atoms with van der Waals surface area (Å²) >= 11 is 0. The molecule has 1 fully saturated rings. The number of aliphatic carboxylic acids is 1. The van der Waals surface area contributed by atoms with Gasteiger partial charge in [0, 0.05) is 56.5 Å². The maximum absolute atomic E-state index is 13.0. The van der Waals surface area contributed by atoms with Crippen LogP contribution in [-0.4, -0.2) is 94.5 Å². The molecule has 3 atom stereocenters. The van der Waals surface area contributed by atoms with Crippen molar-refractivity contribution in [2.24, 2.45) is 11.3 Å². The van der Waals surface area contributed by atoms with Crippen LogP contribution in [0.4, 0.5) is 5.69 Å². The zero-order chi connectivity index (χ0) is 37.2. The van der Waals surface area contributed by atoms with Crippen LogP contribution in [0.3, 0.4) is 0 Å². The van der Waals surface area contributed by atoms with Gasteiger partial charge in [-0.2, -0.15) is 0 Å². The fourth-order valence-corrected chi connectivity index (χ4v) is 4.97. The van der Waals surface area contributed by atoms with Gasteiger partial charge in [0.1, 0.15) is 12.4 Å². The maximum Gasteiger partial charge on any atom is 0.333 e. The molecule has 1 aromatic rings. The second kappa shape index (κ2) is 17.5. The van der Waals surface area contributed by atoms with Crippen molar-refractivity contribution in [3.63, 3.8) is 0 Å². The molecule has 276 valence electrons. The Kier molecular flexibility index (Phi) is 14.1. The number of ether oxygens (including phenoxy) is 4. The Balaban J connectivity index is 1.54. The Morgan fingerprint density at radius 1 is 1.04 bits per heavy atom. The van der Waals surface area contributed by atoms with Gasteiger partial charge in [0.2, 0.25) is 18.1 Å². The van der Waals surface area contributed by atoms with Crippen molar-refractivity contribution >= 4 is 41.3 Å². The van der Waals surface area contributed by atoms with Crippen LogP contribution < -0.4 is 15.4 Å². The minimum atomic E-state index is -1.26. The predicted molar refractivity (Wildman–Crippen MR) is 178 cm³/mol. The molecule has 0 aliphatic carbocycles. The van der Waals surface area contributed by atoms with E-state index in [9.17, 15) is 39.0 Å². The molecule has 2 aliphatic rings. The first-order chi connectivity index (χ1) is 23.4.